The van der Waals surface area contributed by atoms with Gasteiger partial charge < -0.3 is 0 Å². The summed E-state index contributed by atoms with van der Waals surface area (Å²) in [6, 6.07) is 0. The number of aromatic nitrogens is 4. The van der Waals surface area contributed by atoms with E-state index in [1.165, 1.54) is 0 Å². The van der Waals surface area contributed by atoms with Crippen molar-refractivity contribution in [2.75, 3.05) is 0 Å². The van der Waals surface area contributed by atoms with Gasteiger partial charge in [-0.3, -0.25) is 9.48 Å². The maximum atomic E-state index is 11.0. The second kappa shape index (κ2) is 3.92. The van der Waals surface area contributed by atoms with E-state index in [1.54, 1.807) is 15.6 Å². The van der Waals surface area contributed by atoms with Crippen LogP contribution >= 0.6 is 0 Å². The standard InChI is InChI=1S/C11H14N4O/c1-4-9-5-12-15(6-9)11-10(7-16)8(2)13-14(11)3/h5-7H,4H2,1-3H3. The Labute approximate surface area is 93.7 Å². The Hall–Kier alpha value is -1.91. The lowest BCUT2D eigenvalue weighted by Crippen LogP contribution is -2.05. The average Bonchev–Trinajstić information content (AvgIpc) is 2.82. The van der Waals surface area contributed by atoms with Crippen LogP contribution < -0.4 is 0 Å². The summed E-state index contributed by atoms with van der Waals surface area (Å²) in [5.41, 5.74) is 2.45. The van der Waals surface area contributed by atoms with Crippen LogP contribution in [-0.2, 0) is 13.5 Å². The van der Waals surface area contributed by atoms with Crippen LogP contribution in [-0.4, -0.2) is 25.8 Å². The third-order valence-corrected chi connectivity index (χ3v) is 2.62. The molecule has 0 aliphatic rings. The number of hydrogen-bond donors (Lipinski definition) is 0. The molecule has 5 nitrogen and oxygen atoms in total. The molecule has 2 heterocycles. The number of hydrogen-bond acceptors (Lipinski definition) is 3. The predicted octanol–water partition coefficient (Wildman–Crippen LogP) is 1.29. The van der Waals surface area contributed by atoms with E-state index in [0.29, 0.717) is 11.4 Å². The van der Waals surface area contributed by atoms with E-state index < -0.39 is 0 Å². The number of nitrogens with zero attached hydrogens (tertiary/aromatic N) is 4. The van der Waals surface area contributed by atoms with Crippen molar-refractivity contribution in [3.63, 3.8) is 0 Å². The SMILES string of the molecule is CCc1cnn(-c2c(C=O)c(C)nn2C)c1. The highest BCUT2D eigenvalue weighted by Crippen LogP contribution is 2.15. The van der Waals surface area contributed by atoms with Crippen LogP contribution in [0.4, 0.5) is 0 Å². The van der Waals surface area contributed by atoms with Gasteiger partial charge in [0.05, 0.1) is 17.5 Å². The first kappa shape index (κ1) is 10.6. The summed E-state index contributed by atoms with van der Waals surface area (Å²) in [7, 11) is 1.81. The molecule has 0 bridgehead atoms. The highest BCUT2D eigenvalue weighted by Gasteiger charge is 2.14. The Bertz CT molecular complexity index is 524. The molecular weight excluding hydrogens is 204 g/mol. The molecule has 0 spiro atoms. The molecule has 0 aliphatic carbocycles. The van der Waals surface area contributed by atoms with Crippen LogP contribution in [0, 0.1) is 6.92 Å². The van der Waals surface area contributed by atoms with Crippen LogP contribution in [0.15, 0.2) is 12.4 Å². The Kier molecular flexibility index (Phi) is 2.60. The molecule has 0 N–H and O–H groups in total. The largest absolute Gasteiger partial charge is 0.298 e. The van der Waals surface area contributed by atoms with Gasteiger partial charge in [0, 0.05) is 13.2 Å². The van der Waals surface area contributed by atoms with Crippen molar-refractivity contribution in [3.8, 4) is 5.82 Å². The number of rotatable bonds is 3. The van der Waals surface area contributed by atoms with Crippen LogP contribution in [0.5, 0.6) is 0 Å². The first-order chi connectivity index (χ1) is 7.67. The Morgan fingerprint density at radius 3 is 2.81 bits per heavy atom. The van der Waals surface area contributed by atoms with Crippen molar-refractivity contribution < 1.29 is 4.79 Å². The summed E-state index contributed by atoms with van der Waals surface area (Å²) in [6.07, 6.45) is 5.47. The maximum Gasteiger partial charge on any atom is 0.162 e. The topological polar surface area (TPSA) is 52.7 Å². The van der Waals surface area contributed by atoms with Gasteiger partial charge in [-0.15, -0.1) is 0 Å². The summed E-state index contributed by atoms with van der Waals surface area (Å²) in [5.74, 6) is 0.715. The third-order valence-electron chi connectivity index (χ3n) is 2.62. The van der Waals surface area contributed by atoms with E-state index in [2.05, 4.69) is 17.1 Å². The first-order valence-corrected chi connectivity index (χ1v) is 5.20. The van der Waals surface area contributed by atoms with Crippen LogP contribution in [0.3, 0.4) is 0 Å². The average molecular weight is 218 g/mol. The highest BCUT2D eigenvalue weighted by molar-refractivity contribution is 5.81. The Morgan fingerprint density at radius 1 is 1.50 bits per heavy atom. The molecule has 0 unspecified atom stereocenters. The van der Waals surface area contributed by atoms with Crippen LogP contribution in [0.1, 0.15) is 28.5 Å². The minimum atomic E-state index is 0.591. The fourth-order valence-electron chi connectivity index (χ4n) is 1.73. The van der Waals surface area contributed by atoms with Crippen LogP contribution in [0.2, 0.25) is 0 Å². The summed E-state index contributed by atoms with van der Waals surface area (Å²) in [4.78, 5) is 11.0. The number of carbonyl (C=O) groups is 1. The molecule has 2 rings (SSSR count). The van der Waals surface area contributed by atoms with Gasteiger partial charge >= 0.3 is 0 Å². The number of carbonyl (C=O) groups excluding carboxylic acids is 1. The van der Waals surface area contributed by atoms with Gasteiger partial charge in [-0.05, 0) is 18.9 Å². The lowest BCUT2D eigenvalue weighted by molar-refractivity contribution is 0.112. The molecular formula is C11H14N4O. The zero-order chi connectivity index (χ0) is 11.7. The molecule has 0 amide bonds. The molecule has 0 aromatic carbocycles. The summed E-state index contributed by atoms with van der Waals surface area (Å²) in [5, 5.41) is 8.45. The predicted molar refractivity (Wildman–Crippen MR) is 59.8 cm³/mol. The second-order valence-electron chi connectivity index (χ2n) is 3.71. The molecule has 84 valence electrons. The van der Waals surface area contributed by atoms with Gasteiger partial charge in [0.15, 0.2) is 12.1 Å². The van der Waals surface area contributed by atoms with Gasteiger partial charge in [0.2, 0.25) is 0 Å². The summed E-state index contributed by atoms with van der Waals surface area (Å²) in [6.45, 7) is 3.88. The van der Waals surface area contributed by atoms with Gasteiger partial charge in [-0.2, -0.15) is 10.2 Å². The number of aldehydes is 1. The highest BCUT2D eigenvalue weighted by atomic mass is 16.1. The summed E-state index contributed by atoms with van der Waals surface area (Å²) >= 11 is 0. The van der Waals surface area contributed by atoms with Gasteiger partial charge in [-0.1, -0.05) is 6.92 Å². The minimum Gasteiger partial charge on any atom is -0.298 e. The van der Waals surface area contributed by atoms with Crippen LogP contribution in [0.25, 0.3) is 5.82 Å². The molecule has 0 fully saturated rings. The Balaban J connectivity index is 2.58. The lowest BCUT2D eigenvalue weighted by atomic mass is 10.2. The van der Waals surface area contributed by atoms with Gasteiger partial charge in [0.1, 0.15) is 0 Å². The molecule has 2 aromatic heterocycles. The smallest absolute Gasteiger partial charge is 0.162 e. The monoisotopic (exact) mass is 218 g/mol. The number of aryl methyl sites for hydroxylation is 3. The third kappa shape index (κ3) is 1.54. The quantitative estimate of drug-likeness (QED) is 0.729. The fraction of sp³-hybridized carbons (Fsp3) is 0.364. The lowest BCUT2D eigenvalue weighted by Gasteiger charge is -2.01. The van der Waals surface area contributed by atoms with E-state index in [1.807, 2.05) is 20.2 Å². The van der Waals surface area contributed by atoms with Gasteiger partial charge in [0.25, 0.3) is 0 Å². The van der Waals surface area contributed by atoms with Gasteiger partial charge in [-0.25, -0.2) is 4.68 Å². The first-order valence-electron chi connectivity index (χ1n) is 5.20. The van der Waals surface area contributed by atoms with Crippen molar-refractivity contribution >= 4 is 6.29 Å². The molecule has 0 atom stereocenters. The zero-order valence-corrected chi connectivity index (χ0v) is 9.64. The molecule has 16 heavy (non-hydrogen) atoms. The molecule has 5 heteroatoms. The van der Waals surface area contributed by atoms with Crippen molar-refractivity contribution in [2.24, 2.45) is 7.05 Å². The maximum absolute atomic E-state index is 11.0. The second-order valence-corrected chi connectivity index (χ2v) is 3.71. The van der Waals surface area contributed by atoms with Crippen molar-refractivity contribution in [1.29, 1.82) is 0 Å². The minimum absolute atomic E-state index is 0.591. The van der Waals surface area contributed by atoms with E-state index in [4.69, 9.17) is 0 Å². The summed E-state index contributed by atoms with van der Waals surface area (Å²) < 4.78 is 3.37. The Morgan fingerprint density at radius 2 is 2.25 bits per heavy atom. The molecule has 0 aliphatic heterocycles. The van der Waals surface area contributed by atoms with Crippen molar-refractivity contribution in [1.82, 2.24) is 19.6 Å². The van der Waals surface area contributed by atoms with Crippen molar-refractivity contribution in [3.05, 3.63) is 29.2 Å². The molecule has 0 radical (unpaired) electrons. The normalized spacial score (nSPS) is 10.7. The van der Waals surface area contributed by atoms with E-state index in [9.17, 15) is 4.79 Å². The molecule has 2 aromatic rings. The van der Waals surface area contributed by atoms with Crippen molar-refractivity contribution in [2.45, 2.75) is 20.3 Å². The molecule has 0 saturated carbocycles. The molecule has 0 saturated heterocycles. The fourth-order valence-corrected chi connectivity index (χ4v) is 1.73. The van der Waals surface area contributed by atoms with E-state index >= 15 is 0 Å². The van der Waals surface area contributed by atoms with E-state index in [-0.39, 0.29) is 0 Å². The zero-order valence-electron chi connectivity index (χ0n) is 9.64. The van der Waals surface area contributed by atoms with E-state index in [0.717, 1.165) is 24.0 Å².